The van der Waals surface area contributed by atoms with Crippen LogP contribution in [0.15, 0.2) is 16.7 Å². The fourth-order valence-electron chi connectivity index (χ4n) is 2.57. The number of carbonyl (C=O) groups is 1. The van der Waals surface area contributed by atoms with Crippen molar-refractivity contribution in [2.45, 2.75) is 40.7 Å². The molecule has 1 atom stereocenters. The first-order valence-corrected chi connectivity index (χ1v) is 7.58. The molecule has 0 aromatic carbocycles. The highest BCUT2D eigenvalue weighted by Crippen LogP contribution is 2.20. The molecule has 1 amide bonds. The van der Waals surface area contributed by atoms with Gasteiger partial charge in [0.05, 0.1) is 5.56 Å². The number of nitrogens with zero attached hydrogens (tertiary/aromatic N) is 2. The molecule has 22 heavy (non-hydrogen) atoms. The minimum Gasteiger partial charge on any atom is -0.360 e. The first-order chi connectivity index (χ1) is 10.4. The summed E-state index contributed by atoms with van der Waals surface area (Å²) < 4.78 is 7.05. The highest BCUT2D eigenvalue weighted by atomic mass is 16.5. The van der Waals surface area contributed by atoms with Crippen LogP contribution in [-0.4, -0.2) is 34.8 Å². The lowest BCUT2D eigenvalue weighted by Gasteiger charge is -2.13. The van der Waals surface area contributed by atoms with Gasteiger partial charge in [-0.3, -0.25) is 9.36 Å². The van der Waals surface area contributed by atoms with Gasteiger partial charge in [0.15, 0.2) is 5.82 Å². The Bertz CT molecular complexity index is 657. The summed E-state index contributed by atoms with van der Waals surface area (Å²) in [5.41, 5.74) is 2.48. The number of aryl methyl sites for hydroxylation is 2. The van der Waals surface area contributed by atoms with Crippen LogP contribution in [0.1, 0.15) is 41.4 Å². The average molecular weight is 304 g/mol. The molecular weight excluding hydrogens is 280 g/mol. The molecule has 2 heterocycles. The molecule has 120 valence electrons. The number of aromatic nitrogens is 2. The van der Waals surface area contributed by atoms with E-state index < -0.39 is 0 Å². The van der Waals surface area contributed by atoms with Crippen LogP contribution in [0.2, 0.25) is 0 Å². The van der Waals surface area contributed by atoms with Gasteiger partial charge in [-0.05, 0) is 40.3 Å². The van der Waals surface area contributed by atoms with Crippen molar-refractivity contribution >= 4 is 5.91 Å². The Kier molecular flexibility index (Phi) is 5.03. The zero-order chi connectivity index (χ0) is 16.3. The van der Waals surface area contributed by atoms with Crippen molar-refractivity contribution in [3.8, 4) is 5.82 Å². The molecule has 2 aromatic rings. The number of nitrogens with one attached hydrogen (secondary N) is 2. The highest BCUT2D eigenvalue weighted by molar-refractivity contribution is 5.95. The van der Waals surface area contributed by atoms with Crippen LogP contribution in [0.3, 0.4) is 0 Å². The van der Waals surface area contributed by atoms with E-state index in [-0.39, 0.29) is 11.9 Å². The van der Waals surface area contributed by atoms with E-state index in [0.29, 0.717) is 17.9 Å². The summed E-state index contributed by atoms with van der Waals surface area (Å²) in [7, 11) is 0. The molecule has 0 aliphatic carbocycles. The predicted molar refractivity (Wildman–Crippen MR) is 85.5 cm³/mol. The van der Waals surface area contributed by atoms with Gasteiger partial charge in [0.25, 0.3) is 5.91 Å². The van der Waals surface area contributed by atoms with Gasteiger partial charge in [-0.1, -0.05) is 12.1 Å². The van der Waals surface area contributed by atoms with Crippen molar-refractivity contribution in [1.29, 1.82) is 0 Å². The first kappa shape index (κ1) is 16.3. The number of likely N-dealkylation sites (N-methyl/N-ethyl adjacent to an activating group) is 1. The Morgan fingerprint density at radius 1 is 1.36 bits per heavy atom. The summed E-state index contributed by atoms with van der Waals surface area (Å²) in [5, 5.41) is 10.3. The smallest absolute Gasteiger partial charge is 0.253 e. The molecule has 2 rings (SSSR count). The largest absolute Gasteiger partial charge is 0.360 e. The molecular formula is C16H24N4O2. The lowest BCUT2D eigenvalue weighted by molar-refractivity contribution is 0.0949. The summed E-state index contributed by atoms with van der Waals surface area (Å²) in [6, 6.07) is 3.98. The Labute approximate surface area is 130 Å². The van der Waals surface area contributed by atoms with Gasteiger partial charge in [0, 0.05) is 30.0 Å². The first-order valence-electron chi connectivity index (χ1n) is 7.58. The Balaban J connectivity index is 2.17. The van der Waals surface area contributed by atoms with E-state index in [2.05, 4.69) is 15.8 Å². The molecule has 0 fully saturated rings. The van der Waals surface area contributed by atoms with Crippen molar-refractivity contribution in [1.82, 2.24) is 20.4 Å². The van der Waals surface area contributed by atoms with Crippen LogP contribution < -0.4 is 10.6 Å². The van der Waals surface area contributed by atoms with E-state index in [0.717, 1.165) is 23.7 Å². The molecule has 6 heteroatoms. The molecule has 0 saturated heterocycles. The Hall–Kier alpha value is -2.08. The van der Waals surface area contributed by atoms with Crippen molar-refractivity contribution in [2.75, 3.05) is 13.1 Å². The summed E-state index contributed by atoms with van der Waals surface area (Å²) >= 11 is 0. The second kappa shape index (κ2) is 6.79. The summed E-state index contributed by atoms with van der Waals surface area (Å²) in [6.07, 6.45) is 0. The van der Waals surface area contributed by atoms with Crippen molar-refractivity contribution in [2.24, 2.45) is 0 Å². The number of amides is 1. The molecule has 0 bridgehead atoms. The van der Waals surface area contributed by atoms with E-state index in [1.54, 1.807) is 0 Å². The second-order valence-corrected chi connectivity index (χ2v) is 5.58. The van der Waals surface area contributed by atoms with Crippen molar-refractivity contribution < 1.29 is 9.32 Å². The molecule has 6 nitrogen and oxygen atoms in total. The van der Waals surface area contributed by atoms with Gasteiger partial charge in [0.1, 0.15) is 5.76 Å². The fourth-order valence-corrected chi connectivity index (χ4v) is 2.57. The Morgan fingerprint density at radius 3 is 2.68 bits per heavy atom. The fraction of sp³-hybridized carbons (Fsp3) is 0.500. The van der Waals surface area contributed by atoms with Gasteiger partial charge in [-0.2, -0.15) is 0 Å². The standard InChI is InChI=1S/C16H24N4O2/c1-6-17-10(2)9-18-16(21)14-7-11(3)20(13(14)5)15-8-12(4)22-19-15/h7-8,10,17H,6,9H2,1-5H3,(H,18,21)/t10-/m1/s1. The normalized spacial score (nSPS) is 12.4. The van der Waals surface area contributed by atoms with E-state index in [1.165, 1.54) is 0 Å². The van der Waals surface area contributed by atoms with Crippen LogP contribution in [-0.2, 0) is 0 Å². The molecule has 0 unspecified atom stereocenters. The molecule has 2 aromatic heterocycles. The van der Waals surface area contributed by atoms with Crippen LogP contribution in [0, 0.1) is 20.8 Å². The highest BCUT2D eigenvalue weighted by Gasteiger charge is 2.18. The monoisotopic (exact) mass is 304 g/mol. The van der Waals surface area contributed by atoms with E-state index >= 15 is 0 Å². The lowest BCUT2D eigenvalue weighted by atomic mass is 10.2. The quantitative estimate of drug-likeness (QED) is 0.857. The Morgan fingerprint density at radius 2 is 2.09 bits per heavy atom. The maximum Gasteiger partial charge on any atom is 0.253 e. The number of hydrogen-bond donors (Lipinski definition) is 2. The predicted octanol–water partition coefficient (Wildman–Crippen LogP) is 2.12. The van der Waals surface area contributed by atoms with E-state index in [9.17, 15) is 4.79 Å². The number of rotatable bonds is 6. The zero-order valence-electron chi connectivity index (χ0n) is 13.9. The average Bonchev–Trinajstić information content (AvgIpc) is 3.00. The number of carbonyl (C=O) groups excluding carboxylic acids is 1. The summed E-state index contributed by atoms with van der Waals surface area (Å²) in [5.74, 6) is 1.38. The summed E-state index contributed by atoms with van der Waals surface area (Å²) in [6.45, 7) is 11.3. The van der Waals surface area contributed by atoms with Gasteiger partial charge in [-0.15, -0.1) is 0 Å². The molecule has 0 radical (unpaired) electrons. The SMILES string of the molecule is CCN[C@H](C)CNC(=O)c1cc(C)n(-c2cc(C)on2)c1C. The number of hydrogen-bond acceptors (Lipinski definition) is 4. The molecule has 0 saturated carbocycles. The van der Waals surface area contributed by atoms with Gasteiger partial charge in [-0.25, -0.2) is 0 Å². The maximum absolute atomic E-state index is 12.4. The van der Waals surface area contributed by atoms with Crippen molar-refractivity contribution in [3.63, 3.8) is 0 Å². The van der Waals surface area contributed by atoms with Gasteiger partial charge in [0.2, 0.25) is 0 Å². The van der Waals surface area contributed by atoms with Crippen molar-refractivity contribution in [3.05, 3.63) is 34.8 Å². The third-order valence-corrected chi connectivity index (χ3v) is 3.64. The molecule has 0 aliphatic heterocycles. The third kappa shape index (κ3) is 3.39. The van der Waals surface area contributed by atoms with Crippen LogP contribution >= 0.6 is 0 Å². The van der Waals surface area contributed by atoms with E-state index in [1.807, 2.05) is 51.3 Å². The third-order valence-electron chi connectivity index (χ3n) is 3.64. The second-order valence-electron chi connectivity index (χ2n) is 5.58. The van der Waals surface area contributed by atoms with Gasteiger partial charge >= 0.3 is 0 Å². The minimum absolute atomic E-state index is 0.0654. The molecule has 0 spiro atoms. The maximum atomic E-state index is 12.4. The minimum atomic E-state index is -0.0654. The van der Waals surface area contributed by atoms with Crippen LogP contribution in [0.25, 0.3) is 5.82 Å². The zero-order valence-corrected chi connectivity index (χ0v) is 13.9. The van der Waals surface area contributed by atoms with E-state index in [4.69, 9.17) is 4.52 Å². The molecule has 0 aliphatic rings. The lowest BCUT2D eigenvalue weighted by Crippen LogP contribution is -2.38. The molecule has 2 N–H and O–H groups in total. The topological polar surface area (TPSA) is 72.1 Å². The van der Waals surface area contributed by atoms with Gasteiger partial charge < -0.3 is 15.2 Å². The summed E-state index contributed by atoms with van der Waals surface area (Å²) in [4.78, 5) is 12.4. The van der Waals surface area contributed by atoms with Crippen LogP contribution in [0.4, 0.5) is 0 Å². The van der Waals surface area contributed by atoms with Crippen LogP contribution in [0.5, 0.6) is 0 Å².